The zero-order valence-corrected chi connectivity index (χ0v) is 10.7. The molecule has 4 heteroatoms. The standard InChI is InChI=1S/C14H19NO3/c1-17-9-7-15-10-13(16)12-6-2-4-11-5-3-8-18-14(11)12/h2,4,6,15H,3,5,7-10H2,1H3. The van der Waals surface area contributed by atoms with Crippen LogP contribution in [-0.2, 0) is 11.2 Å². The van der Waals surface area contributed by atoms with Gasteiger partial charge in [0.25, 0.3) is 0 Å². The van der Waals surface area contributed by atoms with Crippen molar-refractivity contribution in [1.29, 1.82) is 0 Å². The van der Waals surface area contributed by atoms with Crippen LogP contribution in [0.2, 0.25) is 0 Å². The van der Waals surface area contributed by atoms with Crippen molar-refractivity contribution >= 4 is 5.78 Å². The monoisotopic (exact) mass is 249 g/mol. The third-order valence-corrected chi connectivity index (χ3v) is 3.00. The molecule has 0 saturated carbocycles. The molecule has 4 nitrogen and oxygen atoms in total. The van der Waals surface area contributed by atoms with Crippen LogP contribution in [0.5, 0.6) is 5.75 Å². The molecule has 0 aromatic heterocycles. The van der Waals surface area contributed by atoms with E-state index in [-0.39, 0.29) is 5.78 Å². The van der Waals surface area contributed by atoms with Gasteiger partial charge in [0.15, 0.2) is 5.78 Å². The molecule has 1 heterocycles. The van der Waals surface area contributed by atoms with E-state index in [9.17, 15) is 4.79 Å². The number of hydrogen-bond acceptors (Lipinski definition) is 4. The highest BCUT2D eigenvalue weighted by atomic mass is 16.5. The topological polar surface area (TPSA) is 47.6 Å². The van der Waals surface area contributed by atoms with Gasteiger partial charge in [-0.05, 0) is 24.5 Å². The number of carbonyl (C=O) groups excluding carboxylic acids is 1. The van der Waals surface area contributed by atoms with Crippen molar-refractivity contribution in [2.75, 3.05) is 33.4 Å². The number of methoxy groups -OCH3 is 1. The number of hydrogen-bond donors (Lipinski definition) is 1. The molecule has 0 bridgehead atoms. The van der Waals surface area contributed by atoms with Gasteiger partial charge in [-0.2, -0.15) is 0 Å². The molecule has 0 atom stereocenters. The van der Waals surface area contributed by atoms with E-state index < -0.39 is 0 Å². The molecule has 0 fully saturated rings. The van der Waals surface area contributed by atoms with Crippen LogP contribution in [0.4, 0.5) is 0 Å². The van der Waals surface area contributed by atoms with Crippen LogP contribution in [0.1, 0.15) is 22.3 Å². The maximum Gasteiger partial charge on any atom is 0.180 e. The Hall–Kier alpha value is -1.39. The van der Waals surface area contributed by atoms with E-state index in [1.165, 1.54) is 0 Å². The lowest BCUT2D eigenvalue weighted by atomic mass is 10.00. The highest BCUT2D eigenvalue weighted by Gasteiger charge is 2.18. The third kappa shape index (κ3) is 3.09. The zero-order valence-electron chi connectivity index (χ0n) is 10.7. The molecule has 1 aromatic rings. The first-order valence-electron chi connectivity index (χ1n) is 6.30. The van der Waals surface area contributed by atoms with E-state index in [2.05, 4.69) is 5.32 Å². The quantitative estimate of drug-likeness (QED) is 0.612. The second kappa shape index (κ2) is 6.52. The van der Waals surface area contributed by atoms with Gasteiger partial charge < -0.3 is 14.8 Å². The molecule has 0 amide bonds. The molecule has 2 rings (SSSR count). The predicted molar refractivity (Wildman–Crippen MR) is 69.3 cm³/mol. The minimum absolute atomic E-state index is 0.0739. The summed E-state index contributed by atoms with van der Waals surface area (Å²) in [7, 11) is 1.64. The molecule has 1 aromatic carbocycles. The Morgan fingerprint density at radius 3 is 3.22 bits per heavy atom. The summed E-state index contributed by atoms with van der Waals surface area (Å²) < 4.78 is 10.6. The van der Waals surface area contributed by atoms with Crippen LogP contribution < -0.4 is 10.1 Å². The number of ketones is 1. The lowest BCUT2D eigenvalue weighted by molar-refractivity contribution is 0.0982. The van der Waals surface area contributed by atoms with Crippen molar-refractivity contribution in [1.82, 2.24) is 5.32 Å². The fourth-order valence-corrected chi connectivity index (χ4v) is 2.08. The van der Waals surface area contributed by atoms with Crippen molar-refractivity contribution in [3.63, 3.8) is 0 Å². The fourth-order valence-electron chi connectivity index (χ4n) is 2.08. The number of benzene rings is 1. The Morgan fingerprint density at radius 1 is 1.50 bits per heavy atom. The number of Topliss-reactive ketones (excluding diaryl/α,β-unsaturated/α-hetero) is 1. The van der Waals surface area contributed by atoms with Crippen molar-refractivity contribution in [2.24, 2.45) is 0 Å². The van der Waals surface area contributed by atoms with Gasteiger partial charge in [0.05, 0.1) is 25.3 Å². The van der Waals surface area contributed by atoms with E-state index in [1.54, 1.807) is 7.11 Å². The minimum atomic E-state index is 0.0739. The zero-order chi connectivity index (χ0) is 12.8. The minimum Gasteiger partial charge on any atom is -0.493 e. The Bertz CT molecular complexity index is 418. The predicted octanol–water partition coefficient (Wildman–Crippen LogP) is 1.43. The van der Waals surface area contributed by atoms with Crippen molar-refractivity contribution < 1.29 is 14.3 Å². The first-order chi connectivity index (χ1) is 8.83. The SMILES string of the molecule is COCCNCC(=O)c1cccc2c1OCCC2. The molecule has 1 N–H and O–H groups in total. The van der Waals surface area contributed by atoms with Crippen LogP contribution in [0.3, 0.4) is 0 Å². The first kappa shape index (κ1) is 13.1. The molecular formula is C14H19NO3. The average molecular weight is 249 g/mol. The maximum absolute atomic E-state index is 12.1. The summed E-state index contributed by atoms with van der Waals surface area (Å²) in [5.41, 5.74) is 1.83. The Morgan fingerprint density at radius 2 is 2.39 bits per heavy atom. The Labute approximate surface area is 107 Å². The first-order valence-corrected chi connectivity index (χ1v) is 6.30. The summed E-state index contributed by atoms with van der Waals surface area (Å²) in [5, 5.41) is 3.06. The second-order valence-corrected chi connectivity index (χ2v) is 4.34. The van der Waals surface area contributed by atoms with Crippen LogP contribution in [0.15, 0.2) is 18.2 Å². The number of ether oxygens (including phenoxy) is 2. The van der Waals surface area contributed by atoms with Crippen molar-refractivity contribution in [2.45, 2.75) is 12.8 Å². The molecule has 1 aliphatic rings. The van der Waals surface area contributed by atoms with E-state index in [0.29, 0.717) is 31.9 Å². The van der Waals surface area contributed by atoms with Gasteiger partial charge in [-0.25, -0.2) is 0 Å². The summed E-state index contributed by atoms with van der Waals surface area (Å²) in [6, 6.07) is 5.80. The Kier molecular flexibility index (Phi) is 4.73. The van der Waals surface area contributed by atoms with Crippen LogP contribution in [-0.4, -0.2) is 39.2 Å². The fraction of sp³-hybridized carbons (Fsp3) is 0.500. The molecule has 0 unspecified atom stereocenters. The van der Waals surface area contributed by atoms with E-state index in [4.69, 9.17) is 9.47 Å². The van der Waals surface area contributed by atoms with Gasteiger partial charge in [0, 0.05) is 13.7 Å². The number of rotatable bonds is 6. The molecule has 0 spiro atoms. The van der Waals surface area contributed by atoms with Crippen molar-refractivity contribution in [3.05, 3.63) is 29.3 Å². The van der Waals surface area contributed by atoms with Crippen LogP contribution >= 0.6 is 0 Å². The number of carbonyl (C=O) groups is 1. The van der Waals surface area contributed by atoms with Gasteiger partial charge in [0.2, 0.25) is 0 Å². The molecular weight excluding hydrogens is 230 g/mol. The molecule has 0 aliphatic carbocycles. The van der Waals surface area contributed by atoms with Crippen LogP contribution in [0, 0.1) is 0 Å². The summed E-state index contributed by atoms with van der Waals surface area (Å²) in [4.78, 5) is 12.1. The van der Waals surface area contributed by atoms with Crippen LogP contribution in [0.25, 0.3) is 0 Å². The summed E-state index contributed by atoms with van der Waals surface area (Å²) >= 11 is 0. The van der Waals surface area contributed by atoms with Gasteiger partial charge in [-0.1, -0.05) is 12.1 Å². The highest BCUT2D eigenvalue weighted by Crippen LogP contribution is 2.28. The lowest BCUT2D eigenvalue weighted by Crippen LogP contribution is -2.27. The number of aryl methyl sites for hydroxylation is 1. The Balaban J connectivity index is 2.01. The van der Waals surface area contributed by atoms with Gasteiger partial charge in [-0.15, -0.1) is 0 Å². The summed E-state index contributed by atoms with van der Waals surface area (Å²) in [5.74, 6) is 0.854. The largest absolute Gasteiger partial charge is 0.493 e. The number of fused-ring (bicyclic) bond motifs is 1. The normalized spacial score (nSPS) is 13.8. The van der Waals surface area contributed by atoms with E-state index in [1.807, 2.05) is 18.2 Å². The van der Waals surface area contributed by atoms with E-state index >= 15 is 0 Å². The molecule has 1 aliphatic heterocycles. The molecule has 0 saturated heterocycles. The lowest BCUT2D eigenvalue weighted by Gasteiger charge is -2.19. The van der Waals surface area contributed by atoms with Gasteiger partial charge >= 0.3 is 0 Å². The van der Waals surface area contributed by atoms with E-state index in [0.717, 1.165) is 24.2 Å². The highest BCUT2D eigenvalue weighted by molar-refractivity contribution is 6.00. The third-order valence-electron chi connectivity index (χ3n) is 3.00. The molecule has 98 valence electrons. The maximum atomic E-state index is 12.1. The summed E-state index contributed by atoms with van der Waals surface area (Å²) in [6.45, 7) is 2.31. The summed E-state index contributed by atoms with van der Waals surface area (Å²) in [6.07, 6.45) is 2.02. The number of para-hydroxylation sites is 1. The van der Waals surface area contributed by atoms with Gasteiger partial charge in [-0.3, -0.25) is 4.79 Å². The molecule has 0 radical (unpaired) electrons. The second-order valence-electron chi connectivity index (χ2n) is 4.34. The smallest absolute Gasteiger partial charge is 0.180 e. The molecule has 18 heavy (non-hydrogen) atoms. The van der Waals surface area contributed by atoms with Gasteiger partial charge in [0.1, 0.15) is 5.75 Å². The average Bonchev–Trinajstić information content (AvgIpc) is 2.43. The number of nitrogens with one attached hydrogen (secondary N) is 1. The van der Waals surface area contributed by atoms with Crippen molar-refractivity contribution in [3.8, 4) is 5.75 Å².